The predicted octanol–water partition coefficient (Wildman–Crippen LogP) is 3.51. The Balaban J connectivity index is 1.96. The maximum atomic E-state index is 12.6. The predicted molar refractivity (Wildman–Crippen MR) is 83.8 cm³/mol. The summed E-state index contributed by atoms with van der Waals surface area (Å²) < 4.78 is 37.8. The number of Topliss-reactive ketones (excluding diaryl/α,β-unsaturated/α-hetero) is 1. The van der Waals surface area contributed by atoms with Gasteiger partial charge in [-0.2, -0.15) is 13.2 Å². The number of rotatable bonds is 1. The van der Waals surface area contributed by atoms with E-state index in [9.17, 15) is 27.9 Å². The zero-order valence-corrected chi connectivity index (χ0v) is 13.2. The van der Waals surface area contributed by atoms with E-state index in [1.165, 1.54) is 23.6 Å². The summed E-state index contributed by atoms with van der Waals surface area (Å²) in [6.07, 6.45) is -1.67. The van der Waals surface area contributed by atoms with Crippen LogP contribution in [0.2, 0.25) is 0 Å². The molecule has 3 rings (SSSR count). The molecule has 0 radical (unpaired) electrons. The van der Waals surface area contributed by atoms with Crippen LogP contribution < -0.4 is 0 Å². The molecule has 24 heavy (non-hydrogen) atoms. The molecular weight excluding hydrogens is 341 g/mol. The normalized spacial score (nSPS) is 24.1. The number of ketones is 2. The molecule has 0 saturated heterocycles. The fourth-order valence-corrected chi connectivity index (χ4v) is 3.33. The highest BCUT2D eigenvalue weighted by Crippen LogP contribution is 2.41. The van der Waals surface area contributed by atoms with Gasteiger partial charge in [0, 0.05) is 10.5 Å². The summed E-state index contributed by atoms with van der Waals surface area (Å²) >= 11 is 1.15. The van der Waals surface area contributed by atoms with Gasteiger partial charge in [-0.1, -0.05) is 23.9 Å². The highest BCUT2D eigenvalue weighted by atomic mass is 32.2. The van der Waals surface area contributed by atoms with Crippen molar-refractivity contribution < 1.29 is 27.9 Å². The third-order valence-electron chi connectivity index (χ3n) is 3.85. The van der Waals surface area contributed by atoms with Gasteiger partial charge < -0.3 is 5.11 Å². The van der Waals surface area contributed by atoms with Crippen LogP contribution in [0, 0.1) is 0 Å². The van der Waals surface area contributed by atoms with E-state index >= 15 is 0 Å². The van der Waals surface area contributed by atoms with Gasteiger partial charge in [0.05, 0.1) is 5.56 Å². The standard InChI is InChI=1S/C17H11F3O3S/c1-16(23)14(21)7-10-6-13(24-8-12(10)15(16)22)9-2-4-11(5-3-9)17(18,19)20/h2-8,23H,1H3. The lowest BCUT2D eigenvalue weighted by molar-refractivity contribution is -0.144. The summed E-state index contributed by atoms with van der Waals surface area (Å²) in [5.41, 5.74) is -1.70. The number of aliphatic hydroxyl groups is 1. The van der Waals surface area contributed by atoms with Crippen molar-refractivity contribution in [3.05, 3.63) is 64.1 Å². The van der Waals surface area contributed by atoms with E-state index in [1.807, 2.05) is 0 Å². The van der Waals surface area contributed by atoms with Crippen molar-refractivity contribution >= 4 is 28.2 Å². The number of carbonyl (C=O) groups is 2. The third kappa shape index (κ3) is 2.74. The molecule has 1 atom stereocenters. The Morgan fingerprint density at radius 2 is 1.71 bits per heavy atom. The molecule has 0 fully saturated rings. The van der Waals surface area contributed by atoms with E-state index in [1.54, 1.807) is 6.08 Å². The molecule has 1 unspecified atom stereocenters. The lowest BCUT2D eigenvalue weighted by Gasteiger charge is -2.27. The third-order valence-corrected chi connectivity index (χ3v) is 4.81. The average molecular weight is 352 g/mol. The number of halogens is 3. The topological polar surface area (TPSA) is 54.4 Å². The largest absolute Gasteiger partial charge is 0.416 e. The van der Waals surface area contributed by atoms with Gasteiger partial charge in [0.15, 0.2) is 11.4 Å². The lowest BCUT2D eigenvalue weighted by Crippen LogP contribution is -2.46. The molecule has 0 bridgehead atoms. The van der Waals surface area contributed by atoms with Gasteiger partial charge in [0.25, 0.3) is 0 Å². The van der Waals surface area contributed by atoms with Crippen molar-refractivity contribution in [2.24, 2.45) is 0 Å². The Morgan fingerprint density at radius 3 is 2.29 bits per heavy atom. The summed E-state index contributed by atoms with van der Waals surface area (Å²) in [5.74, 6) is -1.39. The number of hydrogen-bond acceptors (Lipinski definition) is 4. The first-order chi connectivity index (χ1) is 11.1. The highest BCUT2D eigenvalue weighted by Gasteiger charge is 2.43. The van der Waals surface area contributed by atoms with Gasteiger partial charge in [0.1, 0.15) is 0 Å². The number of allylic oxidation sites excluding steroid dienone is 2. The van der Waals surface area contributed by atoms with E-state index in [2.05, 4.69) is 0 Å². The fraction of sp³-hybridized carbons (Fsp3) is 0.176. The Kier molecular flexibility index (Phi) is 3.80. The molecule has 1 aliphatic carbocycles. The summed E-state index contributed by atoms with van der Waals surface area (Å²) in [6, 6.07) is 4.63. The monoisotopic (exact) mass is 352 g/mol. The Hall–Kier alpha value is -2.12. The second-order valence-corrected chi connectivity index (χ2v) is 6.51. The van der Waals surface area contributed by atoms with E-state index in [4.69, 9.17) is 0 Å². The number of fused-ring (bicyclic) bond motifs is 1. The van der Waals surface area contributed by atoms with E-state index in [0.29, 0.717) is 16.0 Å². The molecule has 124 valence electrons. The van der Waals surface area contributed by atoms with Gasteiger partial charge in [-0.15, -0.1) is 0 Å². The minimum Gasteiger partial charge on any atom is -0.374 e. The summed E-state index contributed by atoms with van der Waals surface area (Å²) in [7, 11) is 0. The molecule has 2 aliphatic rings. The second kappa shape index (κ2) is 5.46. The molecule has 0 spiro atoms. The van der Waals surface area contributed by atoms with Crippen molar-refractivity contribution in [1.29, 1.82) is 0 Å². The number of carbonyl (C=O) groups excluding carboxylic acids is 2. The molecule has 1 aromatic carbocycles. The highest BCUT2D eigenvalue weighted by molar-refractivity contribution is 8.11. The van der Waals surface area contributed by atoms with Crippen LogP contribution in [0.15, 0.2) is 53.0 Å². The molecule has 1 heterocycles. The Morgan fingerprint density at radius 1 is 1.08 bits per heavy atom. The van der Waals surface area contributed by atoms with E-state index < -0.39 is 28.9 Å². The number of thioether (sulfide) groups is 1. The van der Waals surface area contributed by atoms with Gasteiger partial charge in [-0.25, -0.2) is 0 Å². The Bertz CT molecular complexity index is 828. The lowest BCUT2D eigenvalue weighted by atomic mass is 9.81. The van der Waals surface area contributed by atoms with Crippen molar-refractivity contribution in [2.45, 2.75) is 18.7 Å². The molecule has 1 aromatic rings. The molecule has 1 aliphatic heterocycles. The minimum atomic E-state index is -4.41. The van der Waals surface area contributed by atoms with Crippen LogP contribution in [0.4, 0.5) is 13.2 Å². The second-order valence-electron chi connectivity index (χ2n) is 5.60. The van der Waals surface area contributed by atoms with Crippen LogP contribution in [0.5, 0.6) is 0 Å². The molecule has 1 N–H and O–H groups in total. The molecule has 3 nitrogen and oxygen atoms in total. The quantitative estimate of drug-likeness (QED) is 0.786. The maximum absolute atomic E-state index is 12.6. The van der Waals surface area contributed by atoms with Crippen LogP contribution in [0.25, 0.3) is 4.91 Å². The van der Waals surface area contributed by atoms with Crippen molar-refractivity contribution in [1.82, 2.24) is 0 Å². The average Bonchev–Trinajstić information content (AvgIpc) is 2.52. The molecular formula is C17H11F3O3S. The van der Waals surface area contributed by atoms with Gasteiger partial charge in [-0.3, -0.25) is 9.59 Å². The molecule has 0 amide bonds. The molecule has 7 heteroatoms. The zero-order valence-electron chi connectivity index (χ0n) is 12.3. The first-order valence-corrected chi connectivity index (χ1v) is 7.78. The van der Waals surface area contributed by atoms with Crippen molar-refractivity contribution in [2.75, 3.05) is 0 Å². The van der Waals surface area contributed by atoms with Crippen molar-refractivity contribution in [3.8, 4) is 0 Å². The number of alkyl halides is 3. The molecule has 0 saturated carbocycles. The first kappa shape index (κ1) is 16.7. The van der Waals surface area contributed by atoms with Crippen LogP contribution in [0.3, 0.4) is 0 Å². The van der Waals surface area contributed by atoms with Gasteiger partial charge in [0.2, 0.25) is 5.78 Å². The van der Waals surface area contributed by atoms with Crippen molar-refractivity contribution in [3.63, 3.8) is 0 Å². The summed E-state index contributed by atoms with van der Waals surface area (Å²) in [5, 5.41) is 11.4. The van der Waals surface area contributed by atoms with Gasteiger partial charge in [-0.05, 0) is 47.8 Å². The zero-order chi connectivity index (χ0) is 17.7. The van der Waals surface area contributed by atoms with E-state index in [0.717, 1.165) is 30.8 Å². The minimum absolute atomic E-state index is 0.222. The van der Waals surface area contributed by atoms with Crippen LogP contribution in [-0.2, 0) is 15.8 Å². The number of hydrogen-bond donors (Lipinski definition) is 1. The molecule has 0 aromatic heterocycles. The SMILES string of the molecule is CC1(O)C(=O)C=C2C=C(c3ccc(C(F)(F)F)cc3)SC=C2C1=O. The fourth-order valence-electron chi connectivity index (χ4n) is 2.38. The maximum Gasteiger partial charge on any atom is 0.416 e. The van der Waals surface area contributed by atoms with Crippen LogP contribution >= 0.6 is 11.8 Å². The number of benzene rings is 1. The Labute approximate surface area is 139 Å². The first-order valence-electron chi connectivity index (χ1n) is 6.90. The van der Waals surface area contributed by atoms with Crippen LogP contribution in [0.1, 0.15) is 18.1 Å². The van der Waals surface area contributed by atoms with Crippen LogP contribution in [-0.4, -0.2) is 22.3 Å². The summed E-state index contributed by atoms with van der Waals surface area (Å²) in [4.78, 5) is 24.6. The smallest absolute Gasteiger partial charge is 0.374 e. The summed E-state index contributed by atoms with van der Waals surface area (Å²) in [6.45, 7) is 1.14. The van der Waals surface area contributed by atoms with Gasteiger partial charge >= 0.3 is 6.18 Å². The van der Waals surface area contributed by atoms with E-state index in [-0.39, 0.29) is 5.57 Å².